The molecule has 108 valence electrons. The molecule has 0 fully saturated rings. The maximum absolute atomic E-state index is 12.1. The van der Waals surface area contributed by atoms with Crippen molar-refractivity contribution in [1.82, 2.24) is 10.2 Å². The molecule has 3 rings (SSSR count). The number of hydrogen-bond acceptors (Lipinski definition) is 7. The lowest BCUT2D eigenvalue weighted by molar-refractivity contribution is 0.103. The van der Waals surface area contributed by atoms with E-state index in [-0.39, 0.29) is 5.91 Å². The third-order valence-electron chi connectivity index (χ3n) is 2.61. The van der Waals surface area contributed by atoms with Crippen molar-refractivity contribution in [2.45, 2.75) is 17.0 Å². The van der Waals surface area contributed by atoms with E-state index in [4.69, 9.17) is 0 Å². The van der Waals surface area contributed by atoms with Crippen molar-refractivity contribution in [2.24, 2.45) is 0 Å². The van der Waals surface area contributed by atoms with Gasteiger partial charge < -0.3 is 0 Å². The van der Waals surface area contributed by atoms with Crippen molar-refractivity contribution in [3.8, 4) is 0 Å². The summed E-state index contributed by atoms with van der Waals surface area (Å²) in [4.78, 5) is 14.1. The summed E-state index contributed by atoms with van der Waals surface area (Å²) in [6, 6.07) is 6.07. The average molecular weight is 354 g/mol. The Labute approximate surface area is 138 Å². The van der Waals surface area contributed by atoms with Gasteiger partial charge in [0.2, 0.25) is 5.13 Å². The van der Waals surface area contributed by atoms with Crippen LogP contribution in [0.15, 0.2) is 33.3 Å². The van der Waals surface area contributed by atoms with Crippen molar-refractivity contribution < 1.29 is 4.79 Å². The fourth-order valence-electron chi connectivity index (χ4n) is 1.61. The molecule has 0 spiro atoms. The van der Waals surface area contributed by atoms with Crippen LogP contribution < -0.4 is 5.32 Å². The Bertz CT molecular complexity index is 732. The van der Waals surface area contributed by atoms with Gasteiger partial charge in [-0.1, -0.05) is 29.2 Å². The first kappa shape index (κ1) is 14.7. The number of nitrogens with zero attached hydrogens (tertiary/aromatic N) is 2. The van der Waals surface area contributed by atoms with Crippen molar-refractivity contribution >= 4 is 56.8 Å². The first-order chi connectivity index (χ1) is 10.2. The van der Waals surface area contributed by atoms with E-state index in [0.717, 1.165) is 20.5 Å². The molecular formula is C13H11N3OS4. The quantitative estimate of drug-likeness (QED) is 0.541. The summed E-state index contributed by atoms with van der Waals surface area (Å²) in [7, 11) is 0. The molecule has 0 aliphatic heterocycles. The summed E-state index contributed by atoms with van der Waals surface area (Å²) in [6.45, 7) is 1.92. The molecule has 3 heterocycles. The normalized spacial score (nSPS) is 10.7. The fraction of sp³-hybridized carbons (Fsp3) is 0.154. The number of thiophene rings is 2. The van der Waals surface area contributed by atoms with Gasteiger partial charge in [-0.2, -0.15) is 0 Å². The van der Waals surface area contributed by atoms with Crippen LogP contribution in [0, 0.1) is 6.92 Å². The highest BCUT2D eigenvalue weighted by atomic mass is 32.2. The van der Waals surface area contributed by atoms with Crippen LogP contribution in [-0.4, -0.2) is 16.1 Å². The lowest BCUT2D eigenvalue weighted by Crippen LogP contribution is -2.10. The number of anilines is 1. The molecule has 0 radical (unpaired) electrons. The van der Waals surface area contributed by atoms with Gasteiger partial charge in [-0.25, -0.2) is 0 Å². The molecule has 1 N–H and O–H groups in total. The predicted molar refractivity (Wildman–Crippen MR) is 90.8 cm³/mol. The number of amides is 1. The third-order valence-corrected chi connectivity index (χ3v) is 6.71. The van der Waals surface area contributed by atoms with Crippen LogP contribution in [0.2, 0.25) is 0 Å². The second-order valence-corrected chi connectivity index (χ2v) is 8.28. The van der Waals surface area contributed by atoms with Crippen molar-refractivity contribution in [3.63, 3.8) is 0 Å². The van der Waals surface area contributed by atoms with E-state index in [1.54, 1.807) is 23.1 Å². The molecule has 0 unspecified atom stereocenters. The van der Waals surface area contributed by atoms with Gasteiger partial charge in [-0.05, 0) is 35.4 Å². The second-order valence-electron chi connectivity index (χ2n) is 4.13. The van der Waals surface area contributed by atoms with Crippen LogP contribution in [0.5, 0.6) is 0 Å². The summed E-state index contributed by atoms with van der Waals surface area (Å²) in [5.74, 6) is 0.762. The van der Waals surface area contributed by atoms with Crippen molar-refractivity contribution in [2.75, 3.05) is 5.32 Å². The van der Waals surface area contributed by atoms with Gasteiger partial charge in [0.05, 0.1) is 4.88 Å². The summed E-state index contributed by atoms with van der Waals surface area (Å²) in [5.41, 5.74) is 0.981. The first-order valence-corrected chi connectivity index (χ1v) is 9.62. The molecule has 3 aromatic rings. The summed E-state index contributed by atoms with van der Waals surface area (Å²) >= 11 is 6.20. The Morgan fingerprint density at radius 1 is 1.29 bits per heavy atom. The maximum Gasteiger partial charge on any atom is 0.267 e. The number of carbonyl (C=O) groups is 1. The molecule has 1 amide bonds. The number of hydrogen-bond donors (Lipinski definition) is 1. The summed E-state index contributed by atoms with van der Waals surface area (Å²) < 4.78 is 0.863. The van der Waals surface area contributed by atoms with Gasteiger partial charge in [-0.15, -0.1) is 32.9 Å². The highest BCUT2D eigenvalue weighted by Crippen LogP contribution is 2.30. The van der Waals surface area contributed by atoms with E-state index < -0.39 is 0 Å². The monoisotopic (exact) mass is 353 g/mol. The zero-order valence-corrected chi connectivity index (χ0v) is 14.3. The van der Waals surface area contributed by atoms with Crippen molar-refractivity contribution in [1.29, 1.82) is 0 Å². The number of nitrogens with one attached hydrogen (secondary N) is 1. The molecule has 0 saturated carbocycles. The minimum absolute atomic E-state index is 0.117. The van der Waals surface area contributed by atoms with Crippen molar-refractivity contribution in [3.05, 3.63) is 44.3 Å². The van der Waals surface area contributed by atoms with E-state index in [1.807, 2.05) is 24.4 Å². The van der Waals surface area contributed by atoms with Gasteiger partial charge in [0.25, 0.3) is 5.91 Å². The highest BCUT2D eigenvalue weighted by Gasteiger charge is 2.13. The molecule has 21 heavy (non-hydrogen) atoms. The van der Waals surface area contributed by atoms with Crippen LogP contribution in [0.25, 0.3) is 0 Å². The van der Waals surface area contributed by atoms with E-state index in [0.29, 0.717) is 5.13 Å². The zero-order valence-electron chi connectivity index (χ0n) is 11.0. The Kier molecular flexibility index (Phi) is 4.69. The molecule has 0 aliphatic rings. The lowest BCUT2D eigenvalue weighted by Gasteiger charge is -1.98. The standard InChI is InChI=1S/C13H11N3OS4/c1-8-4-6-19-10(8)11(17)14-12-15-16-13(21-12)20-7-9-3-2-5-18-9/h2-6H,7H2,1H3,(H,14,15,17). The van der Waals surface area contributed by atoms with Crippen LogP contribution in [0.4, 0.5) is 5.13 Å². The van der Waals surface area contributed by atoms with Gasteiger partial charge in [-0.3, -0.25) is 10.1 Å². The largest absolute Gasteiger partial charge is 0.296 e. The fourth-order valence-corrected chi connectivity index (χ4v) is 4.95. The Balaban J connectivity index is 1.60. The van der Waals surface area contributed by atoms with Crippen LogP contribution in [0.3, 0.4) is 0 Å². The maximum atomic E-state index is 12.1. The molecular weight excluding hydrogens is 342 g/mol. The first-order valence-electron chi connectivity index (χ1n) is 6.06. The highest BCUT2D eigenvalue weighted by molar-refractivity contribution is 8.00. The second kappa shape index (κ2) is 6.69. The van der Waals surface area contributed by atoms with Crippen LogP contribution in [-0.2, 0) is 5.75 Å². The van der Waals surface area contributed by atoms with Crippen LogP contribution in [0.1, 0.15) is 20.1 Å². The van der Waals surface area contributed by atoms with Crippen LogP contribution >= 0.6 is 45.8 Å². The van der Waals surface area contributed by atoms with Gasteiger partial charge in [0, 0.05) is 10.6 Å². The van der Waals surface area contributed by atoms with Gasteiger partial charge >= 0.3 is 0 Å². The van der Waals surface area contributed by atoms with Gasteiger partial charge in [0.1, 0.15) is 0 Å². The van der Waals surface area contributed by atoms with E-state index >= 15 is 0 Å². The number of aromatic nitrogens is 2. The predicted octanol–water partition coefficient (Wildman–Crippen LogP) is 4.51. The van der Waals surface area contributed by atoms with E-state index in [1.165, 1.54) is 27.6 Å². The molecule has 8 heteroatoms. The number of carbonyl (C=O) groups excluding carboxylic acids is 1. The molecule has 0 atom stereocenters. The lowest BCUT2D eigenvalue weighted by atomic mass is 10.3. The van der Waals surface area contributed by atoms with E-state index in [9.17, 15) is 4.79 Å². The Morgan fingerprint density at radius 3 is 2.90 bits per heavy atom. The topological polar surface area (TPSA) is 54.9 Å². The van der Waals surface area contributed by atoms with E-state index in [2.05, 4.69) is 27.0 Å². The molecule has 0 saturated heterocycles. The molecule has 0 aliphatic carbocycles. The van der Waals surface area contributed by atoms with Gasteiger partial charge in [0.15, 0.2) is 4.34 Å². The average Bonchev–Trinajstić information content (AvgIpc) is 3.17. The Hall–Kier alpha value is -1.22. The molecule has 0 bridgehead atoms. The zero-order chi connectivity index (χ0) is 14.7. The molecule has 3 aromatic heterocycles. The Morgan fingerprint density at radius 2 is 2.19 bits per heavy atom. The third kappa shape index (κ3) is 3.70. The molecule has 0 aromatic carbocycles. The minimum Gasteiger partial charge on any atom is -0.296 e. The smallest absolute Gasteiger partial charge is 0.267 e. The minimum atomic E-state index is -0.117. The number of thioether (sulfide) groups is 1. The SMILES string of the molecule is Cc1ccsc1C(=O)Nc1nnc(SCc2cccs2)s1. The summed E-state index contributed by atoms with van der Waals surface area (Å²) in [6.07, 6.45) is 0. The molecule has 4 nitrogen and oxygen atoms in total. The number of aryl methyl sites for hydroxylation is 1. The summed E-state index contributed by atoms with van der Waals surface area (Å²) in [5, 5.41) is 15.4. The number of rotatable bonds is 5.